The van der Waals surface area contributed by atoms with Gasteiger partial charge in [0.05, 0.1) is 0 Å². The summed E-state index contributed by atoms with van der Waals surface area (Å²) in [5.74, 6) is 8.44. The zero-order chi connectivity index (χ0) is 21.0. The van der Waals surface area contributed by atoms with Gasteiger partial charge in [0.25, 0.3) is 0 Å². The first-order valence-corrected chi connectivity index (χ1v) is 10.9. The number of hydrogen-bond acceptors (Lipinski definition) is 1. The molecular weight excluding hydrogens is 385 g/mol. The Morgan fingerprint density at radius 3 is 1.70 bits per heavy atom. The second-order valence-corrected chi connectivity index (χ2v) is 8.60. The molecule has 0 aliphatic heterocycles. The molecule has 1 nitrogen and oxygen atoms in total. The molecule has 2 fully saturated rings. The highest BCUT2D eigenvalue weighted by molar-refractivity contribution is 5.45. The summed E-state index contributed by atoms with van der Waals surface area (Å²) in [7, 11) is 0. The third-order valence-electron chi connectivity index (χ3n) is 6.66. The number of hydrogen-bond donors (Lipinski definition) is 0. The molecule has 158 valence electrons. The number of rotatable bonds is 3. The first-order valence-electron chi connectivity index (χ1n) is 10.9. The maximum absolute atomic E-state index is 12.2. The standard InChI is InChI=1S/C26H27F3O/c27-26(28,29)30-25-17-9-20(10-18-25)6-5-19-7-11-22(12-8-19)24-15-13-23(14-16-24)21-3-1-2-4-21/h7-12,17-18,21,23-24H,1-4,13-16H2. The fourth-order valence-electron chi connectivity index (χ4n) is 5.08. The van der Waals surface area contributed by atoms with Crippen molar-refractivity contribution in [2.24, 2.45) is 11.8 Å². The van der Waals surface area contributed by atoms with Crippen molar-refractivity contribution in [3.63, 3.8) is 0 Å². The second kappa shape index (κ2) is 9.16. The minimum absolute atomic E-state index is 0.236. The van der Waals surface area contributed by atoms with Gasteiger partial charge in [-0.1, -0.05) is 49.7 Å². The lowest BCUT2D eigenvalue weighted by molar-refractivity contribution is -0.274. The van der Waals surface area contributed by atoms with Gasteiger partial charge in [-0.05, 0) is 85.4 Å². The molecule has 0 amide bonds. The first kappa shape index (κ1) is 20.8. The lowest BCUT2D eigenvalue weighted by Gasteiger charge is -2.32. The quantitative estimate of drug-likeness (QED) is 0.476. The zero-order valence-corrected chi connectivity index (χ0v) is 17.0. The van der Waals surface area contributed by atoms with Gasteiger partial charge in [0.15, 0.2) is 0 Å². The summed E-state index contributed by atoms with van der Waals surface area (Å²) in [6.07, 6.45) is 6.39. The van der Waals surface area contributed by atoms with Crippen molar-refractivity contribution in [1.82, 2.24) is 0 Å². The zero-order valence-electron chi connectivity index (χ0n) is 17.0. The summed E-state index contributed by atoms with van der Waals surface area (Å²) < 4.78 is 40.5. The summed E-state index contributed by atoms with van der Waals surface area (Å²) in [5.41, 5.74) is 2.96. The number of alkyl halides is 3. The third kappa shape index (κ3) is 5.59. The van der Waals surface area contributed by atoms with E-state index in [4.69, 9.17) is 0 Å². The van der Waals surface area contributed by atoms with E-state index in [1.807, 2.05) is 12.1 Å². The van der Waals surface area contributed by atoms with Gasteiger partial charge in [-0.3, -0.25) is 0 Å². The first-order chi connectivity index (χ1) is 14.5. The van der Waals surface area contributed by atoms with Gasteiger partial charge in [0, 0.05) is 11.1 Å². The Hall–Kier alpha value is -2.41. The van der Waals surface area contributed by atoms with Gasteiger partial charge in [0.1, 0.15) is 5.75 Å². The summed E-state index contributed by atoms with van der Waals surface area (Å²) in [6, 6.07) is 14.1. The van der Waals surface area contributed by atoms with Crippen LogP contribution in [0.4, 0.5) is 13.2 Å². The van der Waals surface area contributed by atoms with E-state index in [-0.39, 0.29) is 5.75 Å². The molecule has 0 aromatic heterocycles. The van der Waals surface area contributed by atoms with Crippen molar-refractivity contribution >= 4 is 0 Å². The summed E-state index contributed by atoms with van der Waals surface area (Å²) >= 11 is 0. The minimum Gasteiger partial charge on any atom is -0.406 e. The molecule has 2 aliphatic carbocycles. The van der Waals surface area contributed by atoms with Crippen molar-refractivity contribution < 1.29 is 17.9 Å². The third-order valence-corrected chi connectivity index (χ3v) is 6.66. The molecule has 0 atom stereocenters. The van der Waals surface area contributed by atoms with Crippen molar-refractivity contribution in [3.05, 3.63) is 65.2 Å². The van der Waals surface area contributed by atoms with Crippen LogP contribution in [0.25, 0.3) is 0 Å². The molecule has 0 bridgehead atoms. The van der Waals surface area contributed by atoms with E-state index in [0.717, 1.165) is 17.4 Å². The smallest absolute Gasteiger partial charge is 0.406 e. The lowest BCUT2D eigenvalue weighted by atomic mass is 9.73. The fourth-order valence-corrected chi connectivity index (χ4v) is 5.08. The molecule has 30 heavy (non-hydrogen) atoms. The number of benzene rings is 2. The average Bonchev–Trinajstić information content (AvgIpc) is 3.28. The molecular formula is C26H27F3O. The van der Waals surface area contributed by atoms with Crippen LogP contribution in [-0.2, 0) is 0 Å². The molecule has 0 spiro atoms. The Balaban J connectivity index is 1.32. The Kier molecular flexibility index (Phi) is 6.37. The molecule has 0 unspecified atom stereocenters. The normalized spacial score (nSPS) is 22.4. The molecule has 0 saturated heterocycles. The molecule has 4 rings (SSSR count). The van der Waals surface area contributed by atoms with Gasteiger partial charge in [-0.15, -0.1) is 13.2 Å². The van der Waals surface area contributed by atoms with Gasteiger partial charge in [-0.25, -0.2) is 0 Å². The van der Waals surface area contributed by atoms with Crippen molar-refractivity contribution in [1.29, 1.82) is 0 Å². The molecule has 0 N–H and O–H groups in total. The SMILES string of the molecule is FC(F)(F)Oc1ccc(C#Cc2ccc(C3CCC(C4CCCC4)CC3)cc2)cc1. The van der Waals surface area contributed by atoms with E-state index in [1.54, 1.807) is 0 Å². The average molecular weight is 412 g/mol. The van der Waals surface area contributed by atoms with Crippen LogP contribution in [0.15, 0.2) is 48.5 Å². The molecule has 2 aromatic carbocycles. The highest BCUT2D eigenvalue weighted by atomic mass is 19.4. The van der Waals surface area contributed by atoms with Crippen molar-refractivity contribution in [3.8, 4) is 17.6 Å². The minimum atomic E-state index is -4.68. The Bertz CT molecular complexity index is 873. The fraction of sp³-hybridized carbons (Fsp3) is 0.462. The van der Waals surface area contributed by atoms with Crippen molar-refractivity contribution in [2.45, 2.75) is 63.6 Å². The monoisotopic (exact) mass is 412 g/mol. The maximum atomic E-state index is 12.2. The highest BCUT2D eigenvalue weighted by Crippen LogP contribution is 2.43. The Labute approximate surface area is 176 Å². The van der Waals surface area contributed by atoms with Crippen LogP contribution >= 0.6 is 0 Å². The van der Waals surface area contributed by atoms with Crippen LogP contribution in [0, 0.1) is 23.7 Å². The number of ether oxygens (including phenoxy) is 1. The van der Waals surface area contributed by atoms with E-state index >= 15 is 0 Å². The summed E-state index contributed by atoms with van der Waals surface area (Å²) in [6.45, 7) is 0. The molecule has 0 radical (unpaired) electrons. The van der Waals surface area contributed by atoms with Gasteiger partial charge in [-0.2, -0.15) is 0 Å². The lowest BCUT2D eigenvalue weighted by Crippen LogP contribution is -2.19. The largest absolute Gasteiger partial charge is 0.573 e. The van der Waals surface area contributed by atoms with Crippen LogP contribution in [0.2, 0.25) is 0 Å². The van der Waals surface area contributed by atoms with E-state index < -0.39 is 6.36 Å². The topological polar surface area (TPSA) is 9.23 Å². The Morgan fingerprint density at radius 1 is 0.667 bits per heavy atom. The van der Waals surface area contributed by atoms with Gasteiger partial charge >= 0.3 is 6.36 Å². The Morgan fingerprint density at radius 2 is 1.17 bits per heavy atom. The van der Waals surface area contributed by atoms with Crippen LogP contribution in [-0.4, -0.2) is 6.36 Å². The van der Waals surface area contributed by atoms with E-state index in [0.29, 0.717) is 11.5 Å². The highest BCUT2D eigenvalue weighted by Gasteiger charge is 2.31. The van der Waals surface area contributed by atoms with E-state index in [9.17, 15) is 13.2 Å². The number of halogens is 3. The van der Waals surface area contributed by atoms with E-state index in [1.165, 1.54) is 81.2 Å². The molecule has 2 aromatic rings. The van der Waals surface area contributed by atoms with Gasteiger partial charge < -0.3 is 4.74 Å². The molecule has 2 aliphatic rings. The van der Waals surface area contributed by atoms with Crippen LogP contribution in [0.3, 0.4) is 0 Å². The predicted octanol–water partition coefficient (Wildman–Crippen LogP) is 7.45. The van der Waals surface area contributed by atoms with Gasteiger partial charge in [0.2, 0.25) is 0 Å². The molecule has 2 saturated carbocycles. The molecule has 0 heterocycles. The predicted molar refractivity (Wildman–Crippen MR) is 112 cm³/mol. The van der Waals surface area contributed by atoms with Crippen molar-refractivity contribution in [2.75, 3.05) is 0 Å². The maximum Gasteiger partial charge on any atom is 0.573 e. The van der Waals surface area contributed by atoms with Crippen LogP contribution in [0.1, 0.15) is 74.0 Å². The van der Waals surface area contributed by atoms with Crippen LogP contribution < -0.4 is 4.74 Å². The van der Waals surface area contributed by atoms with E-state index in [2.05, 4.69) is 28.7 Å². The molecule has 4 heteroatoms. The second-order valence-electron chi connectivity index (χ2n) is 8.60. The van der Waals surface area contributed by atoms with Crippen LogP contribution in [0.5, 0.6) is 5.75 Å². The summed E-state index contributed by atoms with van der Waals surface area (Å²) in [4.78, 5) is 0. The summed E-state index contributed by atoms with van der Waals surface area (Å²) in [5, 5.41) is 0.